The predicted octanol–water partition coefficient (Wildman–Crippen LogP) is 10.8. The van der Waals surface area contributed by atoms with Crippen LogP contribution in [0.25, 0.3) is 6.08 Å². The molecule has 2 aromatic carbocycles. The Bertz CT molecular complexity index is 1290. The number of benzene rings is 2. The number of amides is 1. The van der Waals surface area contributed by atoms with Crippen molar-refractivity contribution >= 4 is 23.4 Å². The van der Waals surface area contributed by atoms with Crippen LogP contribution in [0.5, 0.6) is 0 Å². The average Bonchev–Trinajstić information content (AvgIpc) is 3.33. The van der Waals surface area contributed by atoms with Gasteiger partial charge in [0, 0.05) is 33.9 Å². The van der Waals surface area contributed by atoms with E-state index < -0.39 is 0 Å². The molecule has 1 heterocycles. The van der Waals surface area contributed by atoms with Gasteiger partial charge >= 0.3 is 0 Å². The van der Waals surface area contributed by atoms with E-state index in [1.54, 1.807) is 12.1 Å². The van der Waals surface area contributed by atoms with E-state index in [1.807, 2.05) is 71.0 Å². The van der Waals surface area contributed by atoms with Crippen molar-refractivity contribution < 1.29 is 4.79 Å². The first-order valence-corrected chi connectivity index (χ1v) is 15.7. The third-order valence-corrected chi connectivity index (χ3v) is 6.86. The fourth-order valence-electron chi connectivity index (χ4n) is 4.73. The quantitative estimate of drug-likeness (QED) is 0.179. The van der Waals surface area contributed by atoms with E-state index in [2.05, 4.69) is 61.2 Å². The molecule has 0 radical (unpaired) electrons. The Kier molecular flexibility index (Phi) is 17.1. The van der Waals surface area contributed by atoms with E-state index in [0.717, 1.165) is 41.2 Å². The Hall–Kier alpha value is -4.04. The third kappa shape index (κ3) is 10.7. The van der Waals surface area contributed by atoms with E-state index in [0.29, 0.717) is 22.7 Å². The maximum absolute atomic E-state index is 13.3. The van der Waals surface area contributed by atoms with E-state index >= 15 is 0 Å². The Morgan fingerprint density at radius 2 is 1.60 bits per heavy atom. The van der Waals surface area contributed by atoms with Crippen LogP contribution < -0.4 is 10.6 Å². The van der Waals surface area contributed by atoms with Gasteiger partial charge in [-0.15, -0.1) is 0 Å². The Labute approximate surface area is 255 Å². The molecule has 0 saturated heterocycles. The van der Waals surface area contributed by atoms with Gasteiger partial charge in [0.25, 0.3) is 5.91 Å². The van der Waals surface area contributed by atoms with Crippen LogP contribution in [-0.4, -0.2) is 10.9 Å². The van der Waals surface area contributed by atoms with Crippen LogP contribution in [-0.2, 0) is 6.42 Å². The Morgan fingerprint density at radius 1 is 0.952 bits per heavy atom. The fraction of sp³-hybridized carbons (Fsp3) is 0.405. The number of hydrogen-bond donors (Lipinski definition) is 3. The highest BCUT2D eigenvalue weighted by Gasteiger charge is 2.17. The summed E-state index contributed by atoms with van der Waals surface area (Å²) in [4.78, 5) is 16.7. The average molecular weight is 569 g/mol. The summed E-state index contributed by atoms with van der Waals surface area (Å²) >= 11 is 0. The first kappa shape index (κ1) is 36.0. The molecule has 0 aliphatic rings. The Balaban J connectivity index is 0.00000211. The molecule has 1 amide bonds. The van der Waals surface area contributed by atoms with Gasteiger partial charge in [-0.3, -0.25) is 4.79 Å². The first-order valence-electron chi connectivity index (χ1n) is 15.7. The number of H-pyrrole nitrogens is 1. The number of aryl methyl sites for hydroxylation is 2. The van der Waals surface area contributed by atoms with Gasteiger partial charge in [-0.2, -0.15) is 5.26 Å². The van der Waals surface area contributed by atoms with Crippen LogP contribution in [0, 0.1) is 18.3 Å². The zero-order valence-electron chi connectivity index (χ0n) is 27.2. The predicted molar refractivity (Wildman–Crippen MR) is 182 cm³/mol. The van der Waals surface area contributed by atoms with Crippen LogP contribution in [0.4, 0.5) is 11.4 Å². The van der Waals surface area contributed by atoms with Gasteiger partial charge in [-0.25, -0.2) is 0 Å². The molecule has 3 N–H and O–H groups in total. The number of aromatic nitrogens is 1. The summed E-state index contributed by atoms with van der Waals surface area (Å²) in [6.45, 7) is 20.6. The zero-order valence-corrected chi connectivity index (χ0v) is 27.2. The molecule has 0 saturated carbocycles. The SMILES string of the molecule is C=C(/C=C\c1c(C)[nH]c(CC)c1NC(=O)c1ccc(C(CCC)CCCC)cc1)Nc1ccc(C#N)cc1.CC.CC. The second-order valence-electron chi connectivity index (χ2n) is 9.75. The smallest absolute Gasteiger partial charge is 0.255 e. The summed E-state index contributed by atoms with van der Waals surface area (Å²) in [6.07, 6.45) is 10.6. The molecule has 0 bridgehead atoms. The number of hydrogen-bond acceptors (Lipinski definition) is 3. The van der Waals surface area contributed by atoms with Crippen LogP contribution in [0.15, 0.2) is 66.9 Å². The molecular formula is C37H52N4O. The lowest BCUT2D eigenvalue weighted by Crippen LogP contribution is -2.13. The first-order chi connectivity index (χ1) is 20.4. The summed E-state index contributed by atoms with van der Waals surface area (Å²) in [6, 6.07) is 17.5. The third-order valence-electron chi connectivity index (χ3n) is 6.86. The minimum absolute atomic E-state index is 0.116. The van der Waals surface area contributed by atoms with Crippen LogP contribution in [0.2, 0.25) is 0 Å². The molecule has 0 aliphatic heterocycles. The van der Waals surface area contributed by atoms with Gasteiger partial charge in [0.05, 0.1) is 17.3 Å². The molecule has 0 fully saturated rings. The summed E-state index contributed by atoms with van der Waals surface area (Å²) in [7, 11) is 0. The number of carbonyl (C=O) groups excluding carboxylic acids is 1. The number of nitrogens with zero attached hydrogens (tertiary/aromatic N) is 1. The lowest BCUT2D eigenvalue weighted by Gasteiger charge is -2.17. The van der Waals surface area contributed by atoms with Crippen molar-refractivity contribution in [3.8, 4) is 6.07 Å². The summed E-state index contributed by atoms with van der Waals surface area (Å²) in [5.41, 5.74) is 7.83. The molecule has 5 nitrogen and oxygen atoms in total. The minimum Gasteiger partial charge on any atom is -0.360 e. The van der Waals surface area contributed by atoms with Crippen molar-refractivity contribution in [2.45, 2.75) is 99.8 Å². The Morgan fingerprint density at radius 3 is 2.14 bits per heavy atom. The highest BCUT2D eigenvalue weighted by atomic mass is 16.1. The highest BCUT2D eigenvalue weighted by molar-refractivity contribution is 6.06. The molecule has 1 atom stereocenters. The van der Waals surface area contributed by atoms with Crippen LogP contribution >= 0.6 is 0 Å². The van der Waals surface area contributed by atoms with Crippen molar-refractivity contribution in [2.75, 3.05) is 10.6 Å². The molecule has 1 aromatic heterocycles. The number of anilines is 2. The topological polar surface area (TPSA) is 80.7 Å². The van der Waals surface area contributed by atoms with Gasteiger partial charge in [-0.1, -0.05) is 86.4 Å². The van der Waals surface area contributed by atoms with Gasteiger partial charge < -0.3 is 15.6 Å². The molecule has 0 aliphatic carbocycles. The van der Waals surface area contributed by atoms with Crippen molar-refractivity contribution in [3.63, 3.8) is 0 Å². The lowest BCUT2D eigenvalue weighted by molar-refractivity contribution is 0.102. The maximum Gasteiger partial charge on any atom is 0.255 e. The number of aromatic amines is 1. The molecule has 3 rings (SSSR count). The number of unbranched alkanes of at least 4 members (excludes halogenated alkanes) is 1. The largest absolute Gasteiger partial charge is 0.360 e. The molecule has 5 heteroatoms. The van der Waals surface area contributed by atoms with E-state index in [-0.39, 0.29) is 5.91 Å². The molecule has 3 aromatic rings. The summed E-state index contributed by atoms with van der Waals surface area (Å²) in [5.74, 6) is 0.439. The molecular weight excluding hydrogens is 516 g/mol. The van der Waals surface area contributed by atoms with Crippen molar-refractivity contribution in [2.24, 2.45) is 0 Å². The molecule has 226 valence electrons. The van der Waals surface area contributed by atoms with Gasteiger partial charge in [-0.05, 0) is 86.2 Å². The van der Waals surface area contributed by atoms with Gasteiger partial charge in [0.1, 0.15) is 0 Å². The molecule has 42 heavy (non-hydrogen) atoms. The number of allylic oxidation sites excluding steroid dienone is 1. The monoisotopic (exact) mass is 568 g/mol. The number of nitrogens with one attached hydrogen (secondary N) is 3. The lowest BCUT2D eigenvalue weighted by atomic mass is 9.89. The van der Waals surface area contributed by atoms with Crippen LogP contribution in [0.3, 0.4) is 0 Å². The second-order valence-corrected chi connectivity index (χ2v) is 9.75. The molecule has 1 unspecified atom stereocenters. The van der Waals surface area contributed by atoms with Gasteiger partial charge in [0.2, 0.25) is 0 Å². The van der Waals surface area contributed by atoms with E-state index in [9.17, 15) is 4.79 Å². The number of carbonyl (C=O) groups is 1. The summed E-state index contributed by atoms with van der Waals surface area (Å²) < 4.78 is 0. The van der Waals surface area contributed by atoms with E-state index in [4.69, 9.17) is 5.26 Å². The van der Waals surface area contributed by atoms with Crippen molar-refractivity contribution in [1.82, 2.24) is 4.98 Å². The van der Waals surface area contributed by atoms with Crippen molar-refractivity contribution in [3.05, 3.63) is 101 Å². The highest BCUT2D eigenvalue weighted by Crippen LogP contribution is 2.29. The zero-order chi connectivity index (χ0) is 31.5. The minimum atomic E-state index is -0.116. The summed E-state index contributed by atoms with van der Waals surface area (Å²) in [5, 5.41) is 15.4. The normalized spacial score (nSPS) is 10.9. The second kappa shape index (κ2) is 19.9. The number of nitriles is 1. The van der Waals surface area contributed by atoms with Gasteiger partial charge in [0.15, 0.2) is 0 Å². The fourth-order valence-corrected chi connectivity index (χ4v) is 4.73. The standard InChI is InChI=1S/C33H40N4O.2C2H6/c1-6-9-11-26(10-7-2)27-15-17-28(18-16-27)33(38)37-32-30(24(5)36-31(32)8-3)21-12-23(4)35-29-19-13-25(22-34)14-20-29;2*1-2/h12-21,26,35-36H,4,6-11H2,1-3,5H3,(H,37,38);2*1-2H3/b21-12-;;. The van der Waals surface area contributed by atoms with Crippen LogP contribution in [0.1, 0.15) is 125 Å². The molecule has 0 spiro atoms. The maximum atomic E-state index is 13.3. The van der Waals surface area contributed by atoms with Crippen molar-refractivity contribution in [1.29, 1.82) is 5.26 Å². The number of rotatable bonds is 13. The van der Waals surface area contributed by atoms with E-state index in [1.165, 1.54) is 31.2 Å².